The molecule has 8 heteroatoms. The van der Waals surface area contributed by atoms with Crippen LogP contribution in [-0.4, -0.2) is 30.4 Å². The molecule has 104 valence electrons. The molecule has 0 atom stereocenters. The van der Waals surface area contributed by atoms with Gasteiger partial charge in [-0.15, -0.1) is 0 Å². The largest absolute Gasteiger partial charge is 0.397 e. The summed E-state index contributed by atoms with van der Waals surface area (Å²) in [6.45, 7) is -0.158. The number of rotatable bonds is 5. The van der Waals surface area contributed by atoms with Crippen molar-refractivity contribution in [3.05, 3.63) is 22.2 Å². The summed E-state index contributed by atoms with van der Waals surface area (Å²) in [6.07, 6.45) is 0. The van der Waals surface area contributed by atoms with Gasteiger partial charge in [-0.25, -0.2) is 0 Å². The van der Waals surface area contributed by atoms with Gasteiger partial charge in [0.1, 0.15) is 0 Å². The Morgan fingerprint density at radius 3 is 2.40 bits per heavy atom. The molecule has 20 heavy (non-hydrogen) atoms. The first kappa shape index (κ1) is 16.1. The lowest BCUT2D eigenvalue weighted by Gasteiger charge is -2.16. The highest BCUT2D eigenvalue weighted by atomic mass is 35.5. The molecule has 0 bridgehead atoms. The van der Waals surface area contributed by atoms with Gasteiger partial charge in [-0.05, 0) is 12.1 Å². The van der Waals surface area contributed by atoms with E-state index >= 15 is 0 Å². The molecule has 0 aliphatic carbocycles. The Balaban J connectivity index is 2.77. The second-order valence-electron chi connectivity index (χ2n) is 3.86. The number of nitrogens with zero attached hydrogens (tertiary/aromatic N) is 3. The molecule has 6 nitrogen and oxygen atoms in total. The Kier molecular flexibility index (Phi) is 6.08. The number of hydrogen-bond acceptors (Lipinski definition) is 5. The Morgan fingerprint density at radius 1 is 1.30 bits per heavy atom. The molecule has 0 fully saturated rings. The molecule has 0 unspecified atom stereocenters. The topological polar surface area (TPSA) is 106 Å². The average molecular weight is 312 g/mol. The molecular formula is C12H11Cl2N5O. The first-order valence-corrected chi connectivity index (χ1v) is 6.24. The Hall–Kier alpha value is -1.99. The van der Waals surface area contributed by atoms with Crippen LogP contribution in [0.4, 0.5) is 11.4 Å². The Morgan fingerprint density at radius 2 is 1.90 bits per heavy atom. The highest BCUT2D eigenvalue weighted by Crippen LogP contribution is 2.31. The second-order valence-corrected chi connectivity index (χ2v) is 4.71. The summed E-state index contributed by atoms with van der Waals surface area (Å²) in [7, 11) is 0. The SMILES string of the molecule is N#CCN(CC#N)CC(=O)Nc1c(N)cc(Cl)cc1Cl. The summed E-state index contributed by atoms with van der Waals surface area (Å²) in [5.74, 6) is -0.425. The van der Waals surface area contributed by atoms with Crippen LogP contribution in [0.3, 0.4) is 0 Å². The molecule has 3 N–H and O–H groups in total. The molecule has 0 radical (unpaired) electrons. The third-order valence-corrected chi connectivity index (χ3v) is 2.82. The first-order chi connectivity index (χ1) is 9.47. The molecule has 1 rings (SSSR count). The van der Waals surface area contributed by atoms with Crippen molar-refractivity contribution in [1.82, 2.24) is 4.90 Å². The lowest BCUT2D eigenvalue weighted by Crippen LogP contribution is -2.34. The Bertz CT molecular complexity index is 551. The van der Waals surface area contributed by atoms with E-state index in [4.69, 9.17) is 39.5 Å². The summed E-state index contributed by atoms with van der Waals surface area (Å²) in [4.78, 5) is 13.2. The smallest absolute Gasteiger partial charge is 0.238 e. The number of benzene rings is 1. The maximum absolute atomic E-state index is 11.8. The van der Waals surface area contributed by atoms with Gasteiger partial charge in [0.25, 0.3) is 0 Å². The molecule has 0 saturated heterocycles. The zero-order chi connectivity index (χ0) is 15.1. The van der Waals surface area contributed by atoms with E-state index in [0.29, 0.717) is 5.02 Å². The summed E-state index contributed by atoms with van der Waals surface area (Å²) < 4.78 is 0. The standard InChI is InChI=1S/C12H11Cl2N5O/c13-8-5-9(14)12(10(17)6-8)18-11(20)7-19(3-1-15)4-2-16/h5-6H,3-4,7,17H2,(H,18,20). The average Bonchev–Trinajstić information content (AvgIpc) is 2.34. The van der Waals surface area contributed by atoms with Crippen LogP contribution < -0.4 is 11.1 Å². The minimum atomic E-state index is -0.425. The molecule has 1 amide bonds. The quantitative estimate of drug-likeness (QED) is 0.637. The number of nitrogens with one attached hydrogen (secondary N) is 1. The summed E-state index contributed by atoms with van der Waals surface area (Å²) >= 11 is 11.7. The van der Waals surface area contributed by atoms with Crippen LogP contribution in [0.2, 0.25) is 10.0 Å². The zero-order valence-electron chi connectivity index (χ0n) is 10.4. The van der Waals surface area contributed by atoms with Gasteiger partial charge in [0.2, 0.25) is 5.91 Å². The van der Waals surface area contributed by atoms with Crippen molar-refractivity contribution >= 4 is 40.5 Å². The Labute approximate surface area is 126 Å². The lowest BCUT2D eigenvalue weighted by atomic mass is 10.2. The predicted molar refractivity (Wildman–Crippen MR) is 77.2 cm³/mol. The number of halogens is 2. The summed E-state index contributed by atoms with van der Waals surface area (Å²) in [6, 6.07) is 6.68. The maximum Gasteiger partial charge on any atom is 0.238 e. The number of amides is 1. The van der Waals surface area contributed by atoms with Crippen LogP contribution in [0.25, 0.3) is 0 Å². The number of nitriles is 2. The van der Waals surface area contributed by atoms with E-state index in [1.165, 1.54) is 17.0 Å². The summed E-state index contributed by atoms with van der Waals surface area (Å²) in [5, 5.41) is 20.3. The van der Waals surface area contributed by atoms with Crippen LogP contribution in [0.15, 0.2) is 12.1 Å². The van der Waals surface area contributed by atoms with Crippen molar-refractivity contribution in [2.45, 2.75) is 0 Å². The highest BCUT2D eigenvalue weighted by Gasteiger charge is 2.14. The first-order valence-electron chi connectivity index (χ1n) is 5.48. The van der Waals surface area contributed by atoms with E-state index < -0.39 is 5.91 Å². The molecule has 0 saturated carbocycles. The molecule has 0 aromatic heterocycles. The molecule has 1 aromatic rings. The van der Waals surface area contributed by atoms with Crippen molar-refractivity contribution in [1.29, 1.82) is 10.5 Å². The monoisotopic (exact) mass is 311 g/mol. The zero-order valence-corrected chi connectivity index (χ0v) is 11.9. The molecule has 0 spiro atoms. The molecule has 1 aromatic carbocycles. The third kappa shape index (κ3) is 4.60. The van der Waals surface area contributed by atoms with E-state index in [-0.39, 0.29) is 36.0 Å². The number of carbonyl (C=O) groups excluding carboxylic acids is 1. The lowest BCUT2D eigenvalue weighted by molar-refractivity contribution is -0.117. The van der Waals surface area contributed by atoms with Gasteiger partial charge in [-0.1, -0.05) is 23.2 Å². The van der Waals surface area contributed by atoms with E-state index in [1.54, 1.807) is 0 Å². The number of nitrogen functional groups attached to an aromatic ring is 1. The fourth-order valence-electron chi connectivity index (χ4n) is 1.48. The fourth-order valence-corrected chi connectivity index (χ4v) is 2.03. The van der Waals surface area contributed by atoms with Gasteiger partial charge < -0.3 is 11.1 Å². The minimum absolute atomic E-state index is 0.0230. The van der Waals surface area contributed by atoms with Crippen LogP contribution in [-0.2, 0) is 4.79 Å². The van der Waals surface area contributed by atoms with Crippen molar-refractivity contribution in [2.75, 3.05) is 30.7 Å². The fraction of sp³-hybridized carbons (Fsp3) is 0.250. The number of carbonyl (C=O) groups is 1. The van der Waals surface area contributed by atoms with Crippen molar-refractivity contribution in [3.63, 3.8) is 0 Å². The minimum Gasteiger partial charge on any atom is -0.397 e. The van der Waals surface area contributed by atoms with Gasteiger partial charge in [0, 0.05) is 5.02 Å². The van der Waals surface area contributed by atoms with E-state index in [2.05, 4.69) is 5.32 Å². The molecule has 0 aliphatic heterocycles. The second kappa shape index (κ2) is 7.56. The normalized spacial score (nSPS) is 9.85. The van der Waals surface area contributed by atoms with Crippen LogP contribution in [0.1, 0.15) is 0 Å². The van der Waals surface area contributed by atoms with Crippen LogP contribution in [0, 0.1) is 22.7 Å². The van der Waals surface area contributed by atoms with E-state index in [0.717, 1.165) is 0 Å². The third-order valence-electron chi connectivity index (χ3n) is 2.31. The molecular weight excluding hydrogens is 301 g/mol. The molecule has 0 heterocycles. The van der Waals surface area contributed by atoms with Gasteiger partial charge >= 0.3 is 0 Å². The highest BCUT2D eigenvalue weighted by molar-refractivity contribution is 6.37. The summed E-state index contributed by atoms with van der Waals surface area (Å²) in [5.41, 5.74) is 6.21. The van der Waals surface area contributed by atoms with Crippen molar-refractivity contribution < 1.29 is 4.79 Å². The maximum atomic E-state index is 11.8. The molecule has 0 aliphatic rings. The van der Waals surface area contributed by atoms with Gasteiger partial charge in [0.15, 0.2) is 0 Å². The van der Waals surface area contributed by atoms with Gasteiger partial charge in [0.05, 0.1) is 48.2 Å². The van der Waals surface area contributed by atoms with Gasteiger partial charge in [-0.2, -0.15) is 10.5 Å². The van der Waals surface area contributed by atoms with Crippen molar-refractivity contribution in [3.8, 4) is 12.1 Å². The van der Waals surface area contributed by atoms with Crippen LogP contribution >= 0.6 is 23.2 Å². The van der Waals surface area contributed by atoms with Gasteiger partial charge in [-0.3, -0.25) is 9.69 Å². The van der Waals surface area contributed by atoms with E-state index in [1.807, 2.05) is 12.1 Å². The van der Waals surface area contributed by atoms with E-state index in [9.17, 15) is 4.79 Å². The number of nitrogens with two attached hydrogens (primary N) is 1. The predicted octanol–water partition coefficient (Wildman–Crippen LogP) is 1.86. The number of hydrogen-bond donors (Lipinski definition) is 2. The number of anilines is 2. The van der Waals surface area contributed by atoms with Crippen LogP contribution in [0.5, 0.6) is 0 Å². The van der Waals surface area contributed by atoms with Crippen molar-refractivity contribution in [2.24, 2.45) is 0 Å².